The van der Waals surface area contributed by atoms with Crippen LogP contribution in [0.5, 0.6) is 11.5 Å². The fourth-order valence-electron chi connectivity index (χ4n) is 5.04. The molecule has 4 N–H and O–H groups in total. The van der Waals surface area contributed by atoms with E-state index < -0.39 is 17.3 Å². The van der Waals surface area contributed by atoms with E-state index in [1.54, 1.807) is 13.1 Å². The number of hydrogen-bond donors (Lipinski definition) is 4. The number of aromatic hydroxyl groups is 2. The molecule has 0 amide bonds. The molecule has 174 valence electrons. The van der Waals surface area contributed by atoms with Crippen molar-refractivity contribution in [2.75, 3.05) is 5.32 Å². The number of phenolic OH excluding ortho intramolecular Hbond substituents is 2. The van der Waals surface area contributed by atoms with Gasteiger partial charge in [-0.05, 0) is 48.4 Å². The number of anilines is 1. The molecule has 0 saturated heterocycles. The molecular weight excluding hydrogens is 444 g/mol. The van der Waals surface area contributed by atoms with E-state index in [-0.39, 0.29) is 11.5 Å². The van der Waals surface area contributed by atoms with Crippen LogP contribution in [0.15, 0.2) is 76.3 Å². The van der Waals surface area contributed by atoms with Crippen molar-refractivity contribution in [1.82, 2.24) is 14.1 Å². The number of para-hydroxylation sites is 2. The summed E-state index contributed by atoms with van der Waals surface area (Å²) >= 11 is 0. The second-order valence-corrected chi connectivity index (χ2v) is 8.82. The summed E-state index contributed by atoms with van der Waals surface area (Å²) in [5.74, 6) is -0.481. The van der Waals surface area contributed by atoms with Crippen molar-refractivity contribution in [2.45, 2.75) is 13.0 Å². The van der Waals surface area contributed by atoms with Gasteiger partial charge in [0.25, 0.3) is 5.56 Å². The number of phenols is 2. The van der Waals surface area contributed by atoms with Crippen molar-refractivity contribution in [3.8, 4) is 28.4 Å². The summed E-state index contributed by atoms with van der Waals surface area (Å²) in [6.07, 6.45) is 0. The lowest BCUT2D eigenvalue weighted by atomic mass is 9.99. The zero-order valence-corrected chi connectivity index (χ0v) is 19.0. The van der Waals surface area contributed by atoms with Crippen LogP contribution in [0.25, 0.3) is 27.8 Å². The molecule has 0 bridgehead atoms. The van der Waals surface area contributed by atoms with Crippen LogP contribution in [0.1, 0.15) is 22.9 Å². The number of nitrogens with one attached hydrogen (secondary N) is 2. The molecule has 8 nitrogen and oxygen atoms in total. The van der Waals surface area contributed by atoms with Gasteiger partial charge < -0.3 is 20.1 Å². The fraction of sp³-hybridized carbons (Fsp3) is 0.111. The minimum absolute atomic E-state index is 0.227. The third kappa shape index (κ3) is 3.00. The summed E-state index contributed by atoms with van der Waals surface area (Å²) in [5.41, 5.74) is 5.08. The lowest BCUT2D eigenvalue weighted by Gasteiger charge is -2.31. The SMILES string of the molecule is Cc1cccc(-c2c3c(=O)[nH]c(=O)n(C)c3c3n2-c2ccccc2NC3c2ccc(O)c(O)c2)c1. The predicted molar refractivity (Wildman–Crippen MR) is 135 cm³/mol. The Balaban J connectivity index is 1.84. The molecule has 35 heavy (non-hydrogen) atoms. The first-order valence-corrected chi connectivity index (χ1v) is 11.2. The van der Waals surface area contributed by atoms with Crippen molar-refractivity contribution in [1.29, 1.82) is 0 Å². The van der Waals surface area contributed by atoms with Crippen molar-refractivity contribution < 1.29 is 10.2 Å². The average molecular weight is 466 g/mol. The third-order valence-electron chi connectivity index (χ3n) is 6.61. The van der Waals surface area contributed by atoms with Crippen LogP contribution in [0.2, 0.25) is 0 Å². The number of rotatable bonds is 2. The highest BCUT2D eigenvalue weighted by molar-refractivity contribution is 5.99. The number of aromatic amines is 1. The van der Waals surface area contributed by atoms with E-state index in [2.05, 4.69) is 10.3 Å². The fourth-order valence-corrected chi connectivity index (χ4v) is 5.04. The van der Waals surface area contributed by atoms with Crippen molar-refractivity contribution in [3.05, 3.63) is 104 Å². The zero-order valence-electron chi connectivity index (χ0n) is 19.0. The van der Waals surface area contributed by atoms with Crippen LogP contribution < -0.4 is 16.6 Å². The maximum Gasteiger partial charge on any atom is 0.328 e. The summed E-state index contributed by atoms with van der Waals surface area (Å²) in [4.78, 5) is 28.5. The zero-order chi connectivity index (χ0) is 24.4. The Morgan fingerprint density at radius 2 is 1.71 bits per heavy atom. The van der Waals surface area contributed by atoms with E-state index in [1.807, 2.05) is 60.0 Å². The van der Waals surface area contributed by atoms with Crippen molar-refractivity contribution in [3.63, 3.8) is 0 Å². The normalized spacial score (nSPS) is 14.4. The molecule has 1 atom stereocenters. The van der Waals surface area contributed by atoms with E-state index in [0.717, 1.165) is 22.5 Å². The second kappa shape index (κ2) is 7.39. The highest BCUT2D eigenvalue weighted by Crippen LogP contribution is 2.46. The highest BCUT2D eigenvalue weighted by Gasteiger charge is 2.34. The maximum absolute atomic E-state index is 13.3. The molecule has 1 unspecified atom stereocenters. The molecule has 2 aromatic heterocycles. The van der Waals surface area contributed by atoms with E-state index in [9.17, 15) is 19.8 Å². The topological polar surface area (TPSA) is 112 Å². The van der Waals surface area contributed by atoms with E-state index in [0.29, 0.717) is 27.9 Å². The molecule has 0 fully saturated rings. The summed E-state index contributed by atoms with van der Waals surface area (Å²) in [6.45, 7) is 1.99. The Hall–Kier alpha value is -4.72. The Bertz CT molecular complexity index is 1780. The van der Waals surface area contributed by atoms with Crippen molar-refractivity contribution >= 4 is 16.6 Å². The van der Waals surface area contributed by atoms with Gasteiger partial charge in [-0.15, -0.1) is 0 Å². The van der Waals surface area contributed by atoms with Crippen LogP contribution in [-0.4, -0.2) is 24.3 Å². The predicted octanol–water partition coefficient (Wildman–Crippen LogP) is 3.92. The number of aromatic nitrogens is 3. The van der Waals surface area contributed by atoms with Gasteiger partial charge in [-0.1, -0.05) is 42.0 Å². The van der Waals surface area contributed by atoms with Crippen LogP contribution in [-0.2, 0) is 7.05 Å². The standard InChI is InChI=1S/C27H22N4O4/c1-14-6-5-7-16(12-14)23-21-24(30(2)27(35)29-26(21)34)25-22(15-10-11-19(32)20(33)13-15)28-17-8-3-4-9-18(17)31(23)25/h3-13,22,28,32-33H,1-2H3,(H,29,34,35). The molecule has 6 rings (SSSR count). The molecule has 0 aliphatic carbocycles. The molecule has 1 aliphatic heterocycles. The highest BCUT2D eigenvalue weighted by atomic mass is 16.3. The Morgan fingerprint density at radius 3 is 2.49 bits per heavy atom. The number of nitrogens with zero attached hydrogens (tertiary/aromatic N) is 2. The number of H-pyrrole nitrogens is 1. The molecule has 0 radical (unpaired) electrons. The van der Waals surface area contributed by atoms with Gasteiger partial charge in [-0.2, -0.15) is 0 Å². The first-order chi connectivity index (χ1) is 16.8. The summed E-state index contributed by atoms with van der Waals surface area (Å²) in [6, 6.07) is 19.7. The third-order valence-corrected chi connectivity index (χ3v) is 6.61. The van der Waals surface area contributed by atoms with Gasteiger partial charge in [0.2, 0.25) is 0 Å². The van der Waals surface area contributed by atoms with E-state index in [1.165, 1.54) is 16.7 Å². The van der Waals surface area contributed by atoms with Crippen LogP contribution >= 0.6 is 0 Å². The molecule has 3 heterocycles. The molecule has 8 heteroatoms. The number of fused-ring (bicyclic) bond motifs is 5. The monoisotopic (exact) mass is 466 g/mol. The van der Waals surface area contributed by atoms with Gasteiger partial charge in [0.05, 0.1) is 39.7 Å². The Labute approximate surface area is 199 Å². The first-order valence-electron chi connectivity index (χ1n) is 11.2. The van der Waals surface area contributed by atoms with Gasteiger partial charge in [0.15, 0.2) is 11.5 Å². The van der Waals surface area contributed by atoms with Gasteiger partial charge in [0, 0.05) is 7.05 Å². The van der Waals surface area contributed by atoms with Gasteiger partial charge in [0.1, 0.15) is 0 Å². The molecular formula is C27H22N4O4. The van der Waals surface area contributed by atoms with Gasteiger partial charge in [-0.3, -0.25) is 14.3 Å². The quantitative estimate of drug-likeness (QED) is 0.295. The average Bonchev–Trinajstić information content (AvgIpc) is 3.21. The Kier molecular flexibility index (Phi) is 4.41. The lowest BCUT2D eigenvalue weighted by molar-refractivity contribution is 0.403. The summed E-state index contributed by atoms with van der Waals surface area (Å²) in [5, 5.41) is 24.1. The maximum atomic E-state index is 13.3. The van der Waals surface area contributed by atoms with Crippen LogP contribution in [0.4, 0.5) is 5.69 Å². The van der Waals surface area contributed by atoms with E-state index in [4.69, 9.17) is 0 Å². The largest absolute Gasteiger partial charge is 0.504 e. The smallest absolute Gasteiger partial charge is 0.328 e. The molecule has 0 saturated carbocycles. The summed E-state index contributed by atoms with van der Waals surface area (Å²) in [7, 11) is 1.63. The second-order valence-electron chi connectivity index (χ2n) is 8.82. The lowest BCUT2D eigenvalue weighted by Crippen LogP contribution is -2.29. The van der Waals surface area contributed by atoms with Crippen molar-refractivity contribution in [2.24, 2.45) is 7.05 Å². The molecule has 5 aromatic rings. The Morgan fingerprint density at radius 1 is 0.914 bits per heavy atom. The molecule has 0 spiro atoms. The van der Waals surface area contributed by atoms with E-state index >= 15 is 0 Å². The van der Waals surface area contributed by atoms with Crippen LogP contribution in [0.3, 0.4) is 0 Å². The number of hydrogen-bond acceptors (Lipinski definition) is 5. The molecule has 1 aliphatic rings. The number of aryl methyl sites for hydroxylation is 2. The minimum atomic E-state index is -0.523. The van der Waals surface area contributed by atoms with Gasteiger partial charge in [-0.25, -0.2) is 4.79 Å². The summed E-state index contributed by atoms with van der Waals surface area (Å²) < 4.78 is 3.47. The van der Waals surface area contributed by atoms with Crippen LogP contribution in [0, 0.1) is 6.92 Å². The minimum Gasteiger partial charge on any atom is -0.504 e. The number of benzene rings is 3. The molecule has 3 aromatic carbocycles. The van der Waals surface area contributed by atoms with Gasteiger partial charge >= 0.3 is 5.69 Å². The first kappa shape index (κ1) is 20.9.